The number of anilines is 1. The summed E-state index contributed by atoms with van der Waals surface area (Å²) in [7, 11) is 1.62. The van der Waals surface area contributed by atoms with Gasteiger partial charge in [-0.15, -0.1) is 11.3 Å². The minimum atomic E-state index is -0.208. The van der Waals surface area contributed by atoms with Crippen molar-refractivity contribution in [3.8, 4) is 0 Å². The number of thiophene rings is 1. The van der Waals surface area contributed by atoms with E-state index in [-0.39, 0.29) is 18.4 Å². The van der Waals surface area contributed by atoms with Crippen molar-refractivity contribution in [2.45, 2.75) is 20.8 Å². The van der Waals surface area contributed by atoms with Gasteiger partial charge in [-0.2, -0.15) is 0 Å². The third-order valence-electron chi connectivity index (χ3n) is 3.91. The highest BCUT2D eigenvalue weighted by Crippen LogP contribution is 2.18. The monoisotopic (exact) mass is 342 g/mol. The van der Waals surface area contributed by atoms with Gasteiger partial charge >= 0.3 is 0 Å². The summed E-state index contributed by atoms with van der Waals surface area (Å²) in [6, 6.07) is 7.77. The molecule has 4 nitrogen and oxygen atoms in total. The van der Waals surface area contributed by atoms with E-state index in [2.05, 4.69) is 5.32 Å². The molecule has 0 atom stereocenters. The predicted octanol–water partition coefficient (Wildman–Crippen LogP) is 3.78. The Hall–Kier alpha value is -2.40. The Morgan fingerprint density at radius 3 is 2.58 bits per heavy atom. The summed E-state index contributed by atoms with van der Waals surface area (Å²) < 4.78 is 0. The Bertz CT molecular complexity index is 777. The maximum Gasteiger partial charge on any atom is 0.246 e. The van der Waals surface area contributed by atoms with E-state index in [1.165, 1.54) is 11.0 Å². The van der Waals surface area contributed by atoms with Crippen molar-refractivity contribution < 1.29 is 9.59 Å². The van der Waals surface area contributed by atoms with Crippen LogP contribution in [0.15, 0.2) is 35.7 Å². The number of aryl methyl sites for hydroxylation is 2. The molecule has 0 saturated carbocycles. The summed E-state index contributed by atoms with van der Waals surface area (Å²) in [6.07, 6.45) is 3.30. The molecule has 2 amide bonds. The Morgan fingerprint density at radius 2 is 1.92 bits per heavy atom. The second kappa shape index (κ2) is 7.93. The average Bonchev–Trinajstić information content (AvgIpc) is 2.94. The van der Waals surface area contributed by atoms with E-state index in [0.717, 1.165) is 27.3 Å². The molecule has 2 aromatic rings. The number of nitrogens with one attached hydrogen (secondary N) is 1. The molecule has 0 aliphatic carbocycles. The fourth-order valence-corrected chi connectivity index (χ4v) is 3.02. The van der Waals surface area contributed by atoms with Crippen LogP contribution in [0.4, 0.5) is 5.69 Å². The molecule has 24 heavy (non-hydrogen) atoms. The van der Waals surface area contributed by atoms with Crippen molar-refractivity contribution in [1.82, 2.24) is 4.90 Å². The van der Waals surface area contributed by atoms with E-state index in [9.17, 15) is 9.59 Å². The molecule has 0 spiro atoms. The van der Waals surface area contributed by atoms with Crippen LogP contribution < -0.4 is 5.32 Å². The molecular formula is C19H22N2O2S. The van der Waals surface area contributed by atoms with Gasteiger partial charge in [0.1, 0.15) is 0 Å². The maximum absolute atomic E-state index is 12.2. The minimum absolute atomic E-state index is 0.0139. The molecule has 0 radical (unpaired) electrons. The Kier molecular flexibility index (Phi) is 5.93. The van der Waals surface area contributed by atoms with Gasteiger partial charge in [-0.25, -0.2) is 0 Å². The number of carbonyl (C=O) groups excluding carboxylic acids is 2. The summed E-state index contributed by atoms with van der Waals surface area (Å²) in [5, 5.41) is 4.85. The lowest BCUT2D eigenvalue weighted by molar-refractivity contribution is -0.129. The molecule has 0 bridgehead atoms. The lowest BCUT2D eigenvalue weighted by Crippen LogP contribution is -2.34. The lowest BCUT2D eigenvalue weighted by atomic mass is 10.1. The van der Waals surface area contributed by atoms with E-state index in [1.54, 1.807) is 24.5 Å². The Balaban J connectivity index is 1.93. The molecular weight excluding hydrogens is 320 g/mol. The first-order valence-corrected chi connectivity index (χ1v) is 8.60. The van der Waals surface area contributed by atoms with Gasteiger partial charge < -0.3 is 10.2 Å². The zero-order valence-electron chi connectivity index (χ0n) is 14.4. The van der Waals surface area contributed by atoms with Crippen LogP contribution in [0.25, 0.3) is 6.08 Å². The summed E-state index contributed by atoms with van der Waals surface area (Å²) in [4.78, 5) is 26.7. The predicted molar refractivity (Wildman–Crippen MR) is 100 cm³/mol. The van der Waals surface area contributed by atoms with Crippen molar-refractivity contribution in [1.29, 1.82) is 0 Å². The second-order valence-corrected chi connectivity index (χ2v) is 6.74. The van der Waals surface area contributed by atoms with Crippen molar-refractivity contribution in [3.63, 3.8) is 0 Å². The summed E-state index contributed by atoms with van der Waals surface area (Å²) in [6.45, 7) is 5.98. The largest absolute Gasteiger partial charge is 0.333 e. The molecule has 0 saturated heterocycles. The van der Waals surface area contributed by atoms with Gasteiger partial charge in [0.2, 0.25) is 11.8 Å². The number of carbonyl (C=O) groups is 2. The van der Waals surface area contributed by atoms with Gasteiger partial charge in [0.15, 0.2) is 0 Å². The zero-order chi connectivity index (χ0) is 17.7. The van der Waals surface area contributed by atoms with Crippen LogP contribution in [0.1, 0.15) is 21.6 Å². The molecule has 0 unspecified atom stereocenters. The Labute approximate surface area is 146 Å². The molecule has 0 aliphatic rings. The number of rotatable bonds is 5. The molecule has 126 valence electrons. The molecule has 5 heteroatoms. The molecule has 1 heterocycles. The van der Waals surface area contributed by atoms with Gasteiger partial charge in [-0.05, 0) is 61.1 Å². The second-order valence-electron chi connectivity index (χ2n) is 5.79. The highest BCUT2D eigenvalue weighted by atomic mass is 32.1. The molecule has 2 rings (SSSR count). The van der Waals surface area contributed by atoms with Crippen molar-refractivity contribution in [2.75, 3.05) is 18.9 Å². The smallest absolute Gasteiger partial charge is 0.246 e. The molecule has 1 N–H and O–H groups in total. The fraction of sp³-hybridized carbons (Fsp3) is 0.263. The third-order valence-corrected chi connectivity index (χ3v) is 4.90. The van der Waals surface area contributed by atoms with Crippen LogP contribution in [-0.2, 0) is 9.59 Å². The summed E-state index contributed by atoms with van der Waals surface area (Å²) >= 11 is 1.59. The fourth-order valence-electron chi connectivity index (χ4n) is 2.20. The molecule has 0 fully saturated rings. The highest BCUT2D eigenvalue weighted by Gasteiger charge is 2.12. The molecule has 1 aromatic carbocycles. The van der Waals surface area contributed by atoms with Gasteiger partial charge in [-0.1, -0.05) is 12.1 Å². The third kappa shape index (κ3) is 4.55. The quantitative estimate of drug-likeness (QED) is 0.841. The lowest BCUT2D eigenvalue weighted by Gasteiger charge is -2.16. The van der Waals surface area contributed by atoms with Crippen LogP contribution in [0.5, 0.6) is 0 Å². The first-order chi connectivity index (χ1) is 11.4. The van der Waals surface area contributed by atoms with Crippen LogP contribution in [-0.4, -0.2) is 30.3 Å². The van der Waals surface area contributed by atoms with E-state index in [4.69, 9.17) is 0 Å². The standard InChI is InChI=1S/C19H22N2O2S/c1-13-6-5-7-16(15(13)3)20-18(22)12-21(4)19(23)9-8-17-14(2)10-11-24-17/h5-11H,12H2,1-4H3,(H,20,22). The molecule has 0 aliphatic heterocycles. The van der Waals surface area contributed by atoms with Crippen LogP contribution >= 0.6 is 11.3 Å². The zero-order valence-corrected chi connectivity index (χ0v) is 15.2. The highest BCUT2D eigenvalue weighted by molar-refractivity contribution is 7.11. The van der Waals surface area contributed by atoms with E-state index < -0.39 is 0 Å². The Morgan fingerprint density at radius 1 is 1.17 bits per heavy atom. The first-order valence-electron chi connectivity index (χ1n) is 7.72. The topological polar surface area (TPSA) is 49.4 Å². The maximum atomic E-state index is 12.2. The number of likely N-dealkylation sites (N-methyl/N-ethyl adjacent to an activating group) is 1. The van der Waals surface area contributed by atoms with E-state index in [0.29, 0.717) is 0 Å². The first kappa shape index (κ1) is 17.9. The van der Waals surface area contributed by atoms with E-state index >= 15 is 0 Å². The van der Waals surface area contributed by atoms with Crippen molar-refractivity contribution >= 4 is 34.9 Å². The van der Waals surface area contributed by atoms with Gasteiger partial charge in [0.05, 0.1) is 6.54 Å². The SMILES string of the molecule is Cc1ccsc1C=CC(=O)N(C)CC(=O)Nc1cccc(C)c1C. The summed E-state index contributed by atoms with van der Waals surface area (Å²) in [5.41, 5.74) is 4.07. The van der Waals surface area contributed by atoms with Crippen molar-refractivity contribution in [2.24, 2.45) is 0 Å². The number of hydrogen-bond acceptors (Lipinski definition) is 3. The summed E-state index contributed by atoms with van der Waals surface area (Å²) in [5.74, 6) is -0.404. The number of amides is 2. The molecule has 1 aromatic heterocycles. The number of hydrogen-bond donors (Lipinski definition) is 1. The van der Waals surface area contributed by atoms with Gasteiger partial charge in [0.25, 0.3) is 0 Å². The van der Waals surface area contributed by atoms with Gasteiger partial charge in [0, 0.05) is 23.7 Å². The minimum Gasteiger partial charge on any atom is -0.333 e. The van der Waals surface area contributed by atoms with Gasteiger partial charge in [-0.3, -0.25) is 9.59 Å². The van der Waals surface area contributed by atoms with E-state index in [1.807, 2.05) is 50.4 Å². The van der Waals surface area contributed by atoms with Crippen molar-refractivity contribution in [3.05, 3.63) is 57.3 Å². The number of nitrogens with zero attached hydrogens (tertiary/aromatic N) is 1. The van der Waals surface area contributed by atoms with Crippen LogP contribution in [0, 0.1) is 20.8 Å². The van der Waals surface area contributed by atoms with Crippen LogP contribution in [0.3, 0.4) is 0 Å². The average molecular weight is 342 g/mol. The van der Waals surface area contributed by atoms with Crippen LogP contribution in [0.2, 0.25) is 0 Å². The number of benzene rings is 1. The normalized spacial score (nSPS) is 10.8.